The molecule has 1 fully saturated rings. The molecule has 1 aliphatic rings. The van der Waals surface area contributed by atoms with Crippen LogP contribution < -0.4 is 5.32 Å². The van der Waals surface area contributed by atoms with Crippen LogP contribution in [-0.4, -0.2) is 23.8 Å². The molecule has 0 spiro atoms. The number of hydrogen-bond acceptors (Lipinski definition) is 2. The first-order chi connectivity index (χ1) is 4.74. The zero-order valence-electron chi connectivity index (χ0n) is 6.80. The molecular weight excluding hydrogens is 126 g/mol. The van der Waals surface area contributed by atoms with E-state index < -0.39 is 0 Å². The summed E-state index contributed by atoms with van der Waals surface area (Å²) < 4.78 is 0. The van der Waals surface area contributed by atoms with Crippen molar-refractivity contribution in [3.8, 4) is 0 Å². The maximum absolute atomic E-state index is 8.91. The first-order valence-corrected chi connectivity index (χ1v) is 4.11. The molecule has 1 saturated carbocycles. The summed E-state index contributed by atoms with van der Waals surface area (Å²) >= 11 is 0. The number of hydrogen-bond donors (Lipinski definition) is 2. The van der Waals surface area contributed by atoms with Gasteiger partial charge in [-0.3, -0.25) is 0 Å². The molecule has 0 heterocycles. The van der Waals surface area contributed by atoms with E-state index >= 15 is 0 Å². The van der Waals surface area contributed by atoms with Gasteiger partial charge in [-0.15, -0.1) is 0 Å². The van der Waals surface area contributed by atoms with Crippen LogP contribution in [0.25, 0.3) is 0 Å². The van der Waals surface area contributed by atoms with E-state index in [0.29, 0.717) is 18.0 Å². The van der Waals surface area contributed by atoms with Crippen LogP contribution in [0.3, 0.4) is 0 Å². The van der Waals surface area contributed by atoms with Gasteiger partial charge < -0.3 is 10.4 Å². The largest absolute Gasteiger partial charge is 0.395 e. The smallest absolute Gasteiger partial charge is 0.0587 e. The average molecular weight is 143 g/mol. The lowest BCUT2D eigenvalue weighted by molar-refractivity contribution is 0.210. The third kappa shape index (κ3) is 2.27. The van der Waals surface area contributed by atoms with Gasteiger partial charge in [0.05, 0.1) is 6.61 Å². The lowest BCUT2D eigenvalue weighted by Gasteiger charge is -2.19. The molecule has 2 nitrogen and oxygen atoms in total. The van der Waals surface area contributed by atoms with Crippen LogP contribution in [0.1, 0.15) is 26.7 Å². The quantitative estimate of drug-likeness (QED) is 0.609. The maximum Gasteiger partial charge on any atom is 0.0587 e. The van der Waals surface area contributed by atoms with Crippen molar-refractivity contribution in [2.45, 2.75) is 38.8 Å². The molecule has 0 aromatic rings. The van der Waals surface area contributed by atoms with Crippen LogP contribution in [0.4, 0.5) is 0 Å². The Bertz CT molecular complexity index is 99.4. The van der Waals surface area contributed by atoms with E-state index in [1.165, 1.54) is 12.8 Å². The highest BCUT2D eigenvalue weighted by Gasteiger charge is 2.25. The zero-order chi connectivity index (χ0) is 7.56. The highest BCUT2D eigenvalue weighted by Crippen LogP contribution is 2.20. The van der Waals surface area contributed by atoms with Crippen molar-refractivity contribution in [2.24, 2.45) is 5.92 Å². The summed E-state index contributed by atoms with van der Waals surface area (Å²) in [5.41, 5.74) is 0. The fourth-order valence-electron chi connectivity index (χ4n) is 1.01. The molecular formula is C8H17NO. The summed E-state index contributed by atoms with van der Waals surface area (Å²) in [4.78, 5) is 0. The molecule has 10 heavy (non-hydrogen) atoms. The monoisotopic (exact) mass is 143 g/mol. The van der Waals surface area contributed by atoms with Gasteiger partial charge in [0.2, 0.25) is 0 Å². The van der Waals surface area contributed by atoms with E-state index in [1.807, 2.05) is 0 Å². The van der Waals surface area contributed by atoms with E-state index in [0.717, 1.165) is 0 Å². The molecule has 0 aromatic carbocycles. The molecule has 60 valence electrons. The highest BCUT2D eigenvalue weighted by atomic mass is 16.3. The van der Waals surface area contributed by atoms with Crippen molar-refractivity contribution in [2.75, 3.05) is 6.61 Å². The van der Waals surface area contributed by atoms with Crippen molar-refractivity contribution in [3.05, 3.63) is 0 Å². The summed E-state index contributed by atoms with van der Waals surface area (Å²) in [6.07, 6.45) is 2.59. The van der Waals surface area contributed by atoms with Gasteiger partial charge in [0, 0.05) is 12.1 Å². The second-order valence-electron chi connectivity index (χ2n) is 3.47. The van der Waals surface area contributed by atoms with Gasteiger partial charge in [-0.1, -0.05) is 13.8 Å². The Balaban J connectivity index is 2.17. The second-order valence-corrected chi connectivity index (χ2v) is 3.47. The molecule has 1 aliphatic carbocycles. The molecule has 2 N–H and O–H groups in total. The number of aliphatic hydroxyl groups is 1. The van der Waals surface area contributed by atoms with E-state index in [1.54, 1.807) is 0 Å². The molecule has 0 saturated heterocycles. The molecule has 1 unspecified atom stereocenters. The molecule has 0 aromatic heterocycles. The van der Waals surface area contributed by atoms with Crippen LogP contribution in [-0.2, 0) is 0 Å². The topological polar surface area (TPSA) is 32.3 Å². The Morgan fingerprint density at radius 3 is 2.40 bits per heavy atom. The van der Waals surface area contributed by atoms with E-state index in [2.05, 4.69) is 19.2 Å². The van der Waals surface area contributed by atoms with Gasteiger partial charge in [-0.05, 0) is 18.8 Å². The summed E-state index contributed by atoms with van der Waals surface area (Å²) in [6, 6.07) is 1.02. The van der Waals surface area contributed by atoms with Crippen LogP contribution in [0.2, 0.25) is 0 Å². The minimum atomic E-state index is 0.272. The summed E-state index contributed by atoms with van der Waals surface area (Å²) in [5, 5.41) is 12.3. The predicted octanol–water partition coefficient (Wildman–Crippen LogP) is 0.755. The number of aliphatic hydroxyl groups excluding tert-OH is 1. The Morgan fingerprint density at radius 1 is 1.50 bits per heavy atom. The van der Waals surface area contributed by atoms with Gasteiger partial charge in [0.1, 0.15) is 0 Å². The number of nitrogens with one attached hydrogen (secondary N) is 1. The van der Waals surface area contributed by atoms with Crippen molar-refractivity contribution in [3.63, 3.8) is 0 Å². The van der Waals surface area contributed by atoms with Crippen molar-refractivity contribution < 1.29 is 5.11 Å². The lowest BCUT2D eigenvalue weighted by Crippen LogP contribution is -2.38. The minimum Gasteiger partial charge on any atom is -0.395 e. The molecule has 0 aliphatic heterocycles. The Kier molecular flexibility index (Phi) is 2.69. The van der Waals surface area contributed by atoms with Crippen LogP contribution in [0.15, 0.2) is 0 Å². The summed E-state index contributed by atoms with van der Waals surface area (Å²) in [6.45, 7) is 4.54. The van der Waals surface area contributed by atoms with Gasteiger partial charge >= 0.3 is 0 Å². The average Bonchev–Trinajstić information content (AvgIpc) is 2.64. The Labute approximate surface area is 62.6 Å². The molecule has 0 bridgehead atoms. The Hall–Kier alpha value is -0.0800. The van der Waals surface area contributed by atoms with E-state index in [9.17, 15) is 0 Å². The second kappa shape index (κ2) is 3.35. The zero-order valence-corrected chi connectivity index (χ0v) is 6.80. The lowest BCUT2D eigenvalue weighted by atomic mass is 10.1. The fraction of sp³-hybridized carbons (Fsp3) is 1.00. The van der Waals surface area contributed by atoms with Gasteiger partial charge in [-0.25, -0.2) is 0 Å². The standard InChI is InChI=1S/C8H17NO/c1-6(2)8(5-10)9-7-3-4-7/h6-10H,3-5H2,1-2H3. The molecule has 1 rings (SSSR count). The van der Waals surface area contributed by atoms with Crippen LogP contribution >= 0.6 is 0 Å². The molecule has 2 heteroatoms. The Morgan fingerprint density at radius 2 is 2.10 bits per heavy atom. The van der Waals surface area contributed by atoms with Gasteiger partial charge in [-0.2, -0.15) is 0 Å². The molecule has 1 atom stereocenters. The third-order valence-corrected chi connectivity index (χ3v) is 2.03. The van der Waals surface area contributed by atoms with Gasteiger partial charge in [0.25, 0.3) is 0 Å². The fourth-order valence-corrected chi connectivity index (χ4v) is 1.01. The SMILES string of the molecule is CC(C)C(CO)NC1CC1. The van der Waals surface area contributed by atoms with Crippen LogP contribution in [0, 0.1) is 5.92 Å². The third-order valence-electron chi connectivity index (χ3n) is 2.03. The highest BCUT2D eigenvalue weighted by molar-refractivity contribution is 4.85. The van der Waals surface area contributed by atoms with Crippen molar-refractivity contribution >= 4 is 0 Å². The molecule has 0 radical (unpaired) electrons. The first kappa shape index (κ1) is 8.02. The normalized spacial score (nSPS) is 21.6. The predicted molar refractivity (Wildman–Crippen MR) is 41.9 cm³/mol. The van der Waals surface area contributed by atoms with E-state index in [4.69, 9.17) is 5.11 Å². The first-order valence-electron chi connectivity index (χ1n) is 4.11. The minimum absolute atomic E-state index is 0.272. The summed E-state index contributed by atoms with van der Waals surface area (Å²) in [7, 11) is 0. The summed E-state index contributed by atoms with van der Waals surface area (Å²) in [5.74, 6) is 0.547. The van der Waals surface area contributed by atoms with Crippen molar-refractivity contribution in [1.29, 1.82) is 0 Å². The van der Waals surface area contributed by atoms with Crippen molar-refractivity contribution in [1.82, 2.24) is 5.32 Å². The molecule has 0 amide bonds. The van der Waals surface area contributed by atoms with Gasteiger partial charge in [0.15, 0.2) is 0 Å². The van der Waals surface area contributed by atoms with Crippen LogP contribution in [0.5, 0.6) is 0 Å². The van der Waals surface area contributed by atoms with E-state index in [-0.39, 0.29) is 6.61 Å². The maximum atomic E-state index is 8.91. The number of rotatable bonds is 4.